The molecule has 0 radical (unpaired) electrons. The number of imidazole rings is 1. The molecule has 1 aliphatic heterocycles. The number of halogens is 2. The molecule has 0 aliphatic carbocycles. The average molecular weight is 342 g/mol. The van der Waals surface area contributed by atoms with Gasteiger partial charge in [-0.05, 0) is 37.1 Å². The van der Waals surface area contributed by atoms with E-state index in [1.165, 1.54) is 0 Å². The van der Waals surface area contributed by atoms with Crippen LogP contribution in [0.15, 0.2) is 24.4 Å². The van der Waals surface area contributed by atoms with Crippen LogP contribution in [0.4, 0.5) is 8.78 Å². The van der Waals surface area contributed by atoms with Gasteiger partial charge in [0.15, 0.2) is 17.5 Å². The van der Waals surface area contributed by atoms with E-state index in [9.17, 15) is 13.6 Å². The highest BCUT2D eigenvalue weighted by molar-refractivity contribution is 5.95. The standard InChI is InChI=1S/C18H16F2N4O/c1-9-8-12(19)14(20)16-15(9)22-17(23-16)18(25)24-7-5-13-11(10(24)2)4-3-6-21-13/h3-4,6,8,10H,5,7H2,1-2H3,(H,22,23)/t10-/m1/s1. The van der Waals surface area contributed by atoms with Crippen molar-refractivity contribution in [3.05, 3.63) is 58.7 Å². The summed E-state index contributed by atoms with van der Waals surface area (Å²) in [5.74, 6) is -2.34. The number of H-pyrrole nitrogens is 1. The summed E-state index contributed by atoms with van der Waals surface area (Å²) >= 11 is 0. The quantitative estimate of drug-likeness (QED) is 0.738. The minimum absolute atomic E-state index is 0.0155. The van der Waals surface area contributed by atoms with E-state index < -0.39 is 11.6 Å². The highest BCUT2D eigenvalue weighted by Gasteiger charge is 2.31. The molecular weight excluding hydrogens is 326 g/mol. The van der Waals surface area contributed by atoms with Gasteiger partial charge in [-0.2, -0.15) is 0 Å². The van der Waals surface area contributed by atoms with Crippen LogP contribution >= 0.6 is 0 Å². The normalized spacial score (nSPS) is 17.0. The van der Waals surface area contributed by atoms with Crippen molar-refractivity contribution in [1.82, 2.24) is 19.9 Å². The second-order valence-electron chi connectivity index (χ2n) is 6.26. The molecule has 3 heterocycles. The highest BCUT2D eigenvalue weighted by Crippen LogP contribution is 2.30. The fourth-order valence-corrected chi connectivity index (χ4v) is 3.40. The van der Waals surface area contributed by atoms with Crippen LogP contribution in [0.5, 0.6) is 0 Å². The minimum atomic E-state index is -1.04. The topological polar surface area (TPSA) is 61.9 Å². The lowest BCUT2D eigenvalue weighted by molar-refractivity contribution is 0.0665. The van der Waals surface area contributed by atoms with Crippen molar-refractivity contribution >= 4 is 16.9 Å². The molecule has 1 N–H and O–H groups in total. The third-order valence-corrected chi connectivity index (χ3v) is 4.75. The maximum Gasteiger partial charge on any atom is 0.290 e. The van der Waals surface area contributed by atoms with E-state index in [0.29, 0.717) is 24.0 Å². The summed E-state index contributed by atoms with van der Waals surface area (Å²) in [5, 5.41) is 0. The summed E-state index contributed by atoms with van der Waals surface area (Å²) in [6, 6.07) is 4.71. The molecule has 128 valence electrons. The Morgan fingerprint density at radius 2 is 2.20 bits per heavy atom. The Balaban J connectivity index is 1.74. The van der Waals surface area contributed by atoms with Gasteiger partial charge in [0.2, 0.25) is 0 Å². The highest BCUT2D eigenvalue weighted by atomic mass is 19.2. The Hall–Kier alpha value is -2.83. The SMILES string of the molecule is Cc1cc(F)c(F)c2nc(C(=O)N3CCc4ncccc4[C@H]3C)[nH]c12. The summed E-state index contributed by atoms with van der Waals surface area (Å²) in [6.07, 6.45) is 2.39. The summed E-state index contributed by atoms with van der Waals surface area (Å²) in [6.45, 7) is 4.06. The van der Waals surface area contributed by atoms with Gasteiger partial charge in [-0.25, -0.2) is 13.8 Å². The van der Waals surface area contributed by atoms with Gasteiger partial charge in [0.05, 0.1) is 11.6 Å². The predicted molar refractivity (Wildman–Crippen MR) is 88.1 cm³/mol. The van der Waals surface area contributed by atoms with Gasteiger partial charge < -0.3 is 9.88 Å². The monoisotopic (exact) mass is 342 g/mol. The Kier molecular flexibility index (Phi) is 3.52. The first-order valence-corrected chi connectivity index (χ1v) is 8.06. The molecule has 0 fully saturated rings. The zero-order valence-electron chi connectivity index (χ0n) is 13.8. The van der Waals surface area contributed by atoms with Gasteiger partial charge in [-0.15, -0.1) is 0 Å². The molecule has 2 aromatic heterocycles. The van der Waals surface area contributed by atoms with Crippen molar-refractivity contribution in [2.24, 2.45) is 0 Å². The van der Waals surface area contributed by atoms with Crippen LogP contribution in [0, 0.1) is 18.6 Å². The molecule has 0 saturated heterocycles. The zero-order valence-corrected chi connectivity index (χ0v) is 13.8. The first-order valence-electron chi connectivity index (χ1n) is 8.06. The molecule has 0 spiro atoms. The molecule has 1 atom stereocenters. The number of rotatable bonds is 1. The fourth-order valence-electron chi connectivity index (χ4n) is 3.40. The number of amides is 1. The summed E-state index contributed by atoms with van der Waals surface area (Å²) in [7, 11) is 0. The molecule has 3 aromatic rings. The lowest BCUT2D eigenvalue weighted by Crippen LogP contribution is -2.39. The Morgan fingerprint density at radius 3 is 3.00 bits per heavy atom. The molecule has 1 aliphatic rings. The number of benzene rings is 1. The number of nitrogens with one attached hydrogen (secondary N) is 1. The van der Waals surface area contributed by atoms with Gasteiger partial charge in [0.1, 0.15) is 5.52 Å². The largest absolute Gasteiger partial charge is 0.334 e. The summed E-state index contributed by atoms with van der Waals surface area (Å²) in [5.41, 5.74) is 2.67. The zero-order chi connectivity index (χ0) is 17.7. The number of pyridine rings is 1. The lowest BCUT2D eigenvalue weighted by Gasteiger charge is -2.34. The van der Waals surface area contributed by atoms with Crippen molar-refractivity contribution in [2.75, 3.05) is 6.54 Å². The fraction of sp³-hybridized carbons (Fsp3) is 0.278. The van der Waals surface area contributed by atoms with Crippen LogP contribution < -0.4 is 0 Å². The summed E-state index contributed by atoms with van der Waals surface area (Å²) < 4.78 is 27.6. The number of hydrogen-bond donors (Lipinski definition) is 1. The van der Waals surface area contributed by atoms with Crippen LogP contribution in [0.2, 0.25) is 0 Å². The van der Waals surface area contributed by atoms with Crippen molar-refractivity contribution in [1.29, 1.82) is 0 Å². The lowest BCUT2D eigenvalue weighted by atomic mass is 9.98. The molecule has 1 amide bonds. The molecule has 4 rings (SSSR count). The van der Waals surface area contributed by atoms with Crippen LogP contribution in [0.3, 0.4) is 0 Å². The van der Waals surface area contributed by atoms with Crippen LogP contribution in [0.1, 0.15) is 40.4 Å². The van der Waals surface area contributed by atoms with Crippen LogP contribution in [0.25, 0.3) is 11.0 Å². The van der Waals surface area contributed by atoms with Crippen molar-refractivity contribution in [3.8, 4) is 0 Å². The predicted octanol–water partition coefficient (Wildman–Crippen LogP) is 3.30. The number of fused-ring (bicyclic) bond motifs is 2. The molecule has 25 heavy (non-hydrogen) atoms. The first kappa shape index (κ1) is 15.7. The molecule has 0 saturated carbocycles. The van der Waals surface area contributed by atoms with Gasteiger partial charge >= 0.3 is 0 Å². The van der Waals surface area contributed by atoms with Crippen LogP contribution in [-0.2, 0) is 6.42 Å². The second kappa shape index (κ2) is 5.61. The van der Waals surface area contributed by atoms with E-state index in [1.54, 1.807) is 18.0 Å². The molecular formula is C18H16F2N4O. The Labute approximate surface area is 142 Å². The van der Waals surface area contributed by atoms with Crippen molar-refractivity contribution < 1.29 is 13.6 Å². The number of carbonyl (C=O) groups excluding carboxylic acids is 1. The van der Waals surface area contributed by atoms with E-state index >= 15 is 0 Å². The third-order valence-electron chi connectivity index (χ3n) is 4.75. The first-order chi connectivity index (χ1) is 12.0. The molecule has 0 unspecified atom stereocenters. The Morgan fingerprint density at radius 1 is 1.40 bits per heavy atom. The minimum Gasteiger partial charge on any atom is -0.334 e. The number of aryl methyl sites for hydroxylation is 1. The van der Waals surface area contributed by atoms with Crippen LogP contribution in [-0.4, -0.2) is 32.3 Å². The van der Waals surface area contributed by atoms with E-state index in [-0.39, 0.29) is 23.3 Å². The van der Waals surface area contributed by atoms with E-state index in [2.05, 4.69) is 15.0 Å². The maximum absolute atomic E-state index is 14.0. The Bertz CT molecular complexity index is 998. The molecule has 1 aromatic carbocycles. The smallest absolute Gasteiger partial charge is 0.290 e. The average Bonchev–Trinajstić information content (AvgIpc) is 3.06. The molecule has 5 nitrogen and oxygen atoms in total. The number of hydrogen-bond acceptors (Lipinski definition) is 3. The number of nitrogens with zero attached hydrogens (tertiary/aromatic N) is 3. The number of carbonyl (C=O) groups is 1. The molecule has 0 bridgehead atoms. The number of aromatic nitrogens is 3. The second-order valence-corrected chi connectivity index (χ2v) is 6.26. The maximum atomic E-state index is 14.0. The van der Waals surface area contributed by atoms with Gasteiger partial charge in [0.25, 0.3) is 5.91 Å². The van der Waals surface area contributed by atoms with Gasteiger partial charge in [-0.1, -0.05) is 6.07 Å². The van der Waals surface area contributed by atoms with E-state index in [0.717, 1.165) is 17.3 Å². The summed E-state index contributed by atoms with van der Waals surface area (Å²) in [4.78, 5) is 25.8. The van der Waals surface area contributed by atoms with Crippen molar-refractivity contribution in [3.63, 3.8) is 0 Å². The van der Waals surface area contributed by atoms with Crippen molar-refractivity contribution in [2.45, 2.75) is 26.3 Å². The number of aromatic amines is 1. The van der Waals surface area contributed by atoms with Gasteiger partial charge in [-0.3, -0.25) is 9.78 Å². The molecule has 7 heteroatoms. The third kappa shape index (κ3) is 2.38. The van der Waals surface area contributed by atoms with Gasteiger partial charge in [0, 0.05) is 24.9 Å². The van der Waals surface area contributed by atoms with E-state index in [1.807, 2.05) is 19.1 Å². The van der Waals surface area contributed by atoms with E-state index in [4.69, 9.17) is 0 Å².